The first kappa shape index (κ1) is 11.4. The molecule has 0 saturated heterocycles. The number of rotatable bonds is 4. The molecule has 0 bridgehead atoms. The summed E-state index contributed by atoms with van der Waals surface area (Å²) in [5.74, 6) is 0.435. The Balaban J connectivity index is 2.06. The van der Waals surface area contributed by atoms with Crippen LogP contribution in [0.15, 0.2) is 23.0 Å². The molecule has 1 atom stereocenters. The number of methoxy groups -OCH3 is 1. The van der Waals surface area contributed by atoms with Gasteiger partial charge in [0.25, 0.3) is 0 Å². The maximum absolute atomic E-state index is 12.2. The highest BCUT2D eigenvalue weighted by molar-refractivity contribution is 5.99. The van der Waals surface area contributed by atoms with Gasteiger partial charge in [-0.25, -0.2) is 0 Å². The molecule has 3 nitrogen and oxygen atoms in total. The second-order valence-corrected chi connectivity index (χ2v) is 4.43. The zero-order valence-corrected chi connectivity index (χ0v) is 9.65. The van der Waals surface area contributed by atoms with Crippen LogP contribution in [0, 0.1) is 5.92 Å². The van der Waals surface area contributed by atoms with Crippen molar-refractivity contribution in [1.82, 2.24) is 0 Å². The van der Waals surface area contributed by atoms with E-state index < -0.39 is 0 Å². The number of ether oxygens (including phenoxy) is 1. The number of hydrogen-bond donors (Lipinski definition) is 0. The summed E-state index contributed by atoms with van der Waals surface area (Å²) in [5.41, 5.74) is 0.623. The Kier molecular flexibility index (Phi) is 3.78. The van der Waals surface area contributed by atoms with E-state index in [2.05, 4.69) is 0 Å². The number of hydrogen-bond acceptors (Lipinski definition) is 3. The minimum atomic E-state index is -0.294. The van der Waals surface area contributed by atoms with Gasteiger partial charge in [-0.2, -0.15) is 0 Å². The fraction of sp³-hybridized carbons (Fsp3) is 0.615. The van der Waals surface area contributed by atoms with E-state index in [1.54, 1.807) is 13.2 Å². The van der Waals surface area contributed by atoms with Gasteiger partial charge in [-0.3, -0.25) is 4.79 Å². The first-order valence-corrected chi connectivity index (χ1v) is 5.92. The molecule has 1 aromatic rings. The topological polar surface area (TPSA) is 39.4 Å². The number of carbonyl (C=O) groups is 1. The Labute approximate surface area is 95.8 Å². The molecule has 3 heteroatoms. The van der Waals surface area contributed by atoms with Gasteiger partial charge in [0, 0.05) is 7.11 Å². The average molecular weight is 222 g/mol. The van der Waals surface area contributed by atoms with Crippen molar-refractivity contribution < 1.29 is 13.9 Å². The lowest BCUT2D eigenvalue weighted by Gasteiger charge is -2.27. The molecule has 0 radical (unpaired) electrons. The molecule has 1 saturated carbocycles. The Morgan fingerprint density at radius 3 is 2.75 bits per heavy atom. The van der Waals surface area contributed by atoms with Crippen molar-refractivity contribution >= 4 is 5.78 Å². The van der Waals surface area contributed by atoms with Crippen LogP contribution in [0.4, 0.5) is 0 Å². The average Bonchev–Trinajstić information content (AvgIpc) is 2.85. The van der Waals surface area contributed by atoms with Gasteiger partial charge in [0.15, 0.2) is 5.78 Å². The van der Waals surface area contributed by atoms with Gasteiger partial charge in [0.1, 0.15) is 12.4 Å². The van der Waals surface area contributed by atoms with Gasteiger partial charge in [0.2, 0.25) is 0 Å². The van der Waals surface area contributed by atoms with Gasteiger partial charge in [-0.05, 0) is 24.8 Å². The van der Waals surface area contributed by atoms with E-state index in [0.29, 0.717) is 11.5 Å². The summed E-state index contributed by atoms with van der Waals surface area (Å²) in [6.45, 7) is 0. The van der Waals surface area contributed by atoms with E-state index in [9.17, 15) is 4.79 Å². The standard InChI is InChI=1S/C13H18O3/c1-15-13(10-5-3-2-4-6-10)12(14)11-7-8-16-9-11/h7-10,13H,2-6H2,1H3. The van der Waals surface area contributed by atoms with Crippen LogP contribution >= 0.6 is 0 Å². The minimum absolute atomic E-state index is 0.0585. The second-order valence-electron chi connectivity index (χ2n) is 4.43. The predicted octanol–water partition coefficient (Wildman–Crippen LogP) is 3.06. The zero-order valence-electron chi connectivity index (χ0n) is 9.65. The molecule has 2 rings (SSSR count). The number of Topliss-reactive ketones (excluding diaryl/α,β-unsaturated/α-hetero) is 1. The lowest BCUT2D eigenvalue weighted by Crippen LogP contribution is -2.32. The highest BCUT2D eigenvalue weighted by Crippen LogP contribution is 2.29. The van der Waals surface area contributed by atoms with Gasteiger partial charge in [0.05, 0.1) is 11.8 Å². The smallest absolute Gasteiger partial charge is 0.195 e. The lowest BCUT2D eigenvalue weighted by atomic mass is 9.83. The third-order valence-electron chi connectivity index (χ3n) is 3.40. The molecular weight excluding hydrogens is 204 g/mol. The second kappa shape index (κ2) is 5.30. The first-order valence-electron chi connectivity index (χ1n) is 5.92. The summed E-state index contributed by atoms with van der Waals surface area (Å²) in [7, 11) is 1.62. The van der Waals surface area contributed by atoms with Crippen molar-refractivity contribution in [1.29, 1.82) is 0 Å². The van der Waals surface area contributed by atoms with E-state index in [1.165, 1.54) is 31.8 Å². The van der Waals surface area contributed by atoms with Crippen molar-refractivity contribution in [2.45, 2.75) is 38.2 Å². The van der Waals surface area contributed by atoms with Crippen LogP contribution < -0.4 is 0 Å². The van der Waals surface area contributed by atoms with E-state index >= 15 is 0 Å². The van der Waals surface area contributed by atoms with Gasteiger partial charge in [-0.15, -0.1) is 0 Å². The largest absolute Gasteiger partial charge is 0.472 e. The van der Waals surface area contributed by atoms with Crippen molar-refractivity contribution in [3.63, 3.8) is 0 Å². The van der Waals surface area contributed by atoms with Crippen LogP contribution in [0.25, 0.3) is 0 Å². The number of carbonyl (C=O) groups excluding carboxylic acids is 1. The summed E-state index contributed by atoms with van der Waals surface area (Å²) in [5, 5.41) is 0. The van der Waals surface area contributed by atoms with Crippen LogP contribution in [-0.4, -0.2) is 19.0 Å². The fourth-order valence-corrected chi connectivity index (χ4v) is 2.52. The first-order chi connectivity index (χ1) is 7.83. The molecule has 88 valence electrons. The molecular formula is C13H18O3. The van der Waals surface area contributed by atoms with Gasteiger partial charge < -0.3 is 9.15 Å². The summed E-state index contributed by atoms with van der Waals surface area (Å²) in [6.07, 6.45) is 8.64. The maximum atomic E-state index is 12.2. The van der Waals surface area contributed by atoms with Gasteiger partial charge in [-0.1, -0.05) is 19.3 Å². The molecule has 1 unspecified atom stereocenters. The molecule has 1 heterocycles. The van der Waals surface area contributed by atoms with Crippen LogP contribution in [0.3, 0.4) is 0 Å². The molecule has 0 amide bonds. The molecule has 0 spiro atoms. The van der Waals surface area contributed by atoms with Crippen LogP contribution in [-0.2, 0) is 4.74 Å². The van der Waals surface area contributed by atoms with E-state index in [0.717, 1.165) is 12.8 Å². The number of ketones is 1. The minimum Gasteiger partial charge on any atom is -0.472 e. The fourth-order valence-electron chi connectivity index (χ4n) is 2.52. The predicted molar refractivity (Wildman–Crippen MR) is 60.4 cm³/mol. The van der Waals surface area contributed by atoms with E-state index in [1.807, 2.05) is 0 Å². The van der Waals surface area contributed by atoms with Crippen molar-refractivity contribution in [2.75, 3.05) is 7.11 Å². The maximum Gasteiger partial charge on any atom is 0.195 e. The molecule has 0 N–H and O–H groups in total. The van der Waals surface area contributed by atoms with E-state index in [-0.39, 0.29) is 11.9 Å². The number of furan rings is 1. The van der Waals surface area contributed by atoms with Crippen LogP contribution in [0.1, 0.15) is 42.5 Å². The summed E-state index contributed by atoms with van der Waals surface area (Å²) >= 11 is 0. The third-order valence-corrected chi connectivity index (χ3v) is 3.40. The Morgan fingerprint density at radius 2 is 2.19 bits per heavy atom. The highest BCUT2D eigenvalue weighted by Gasteiger charge is 2.30. The lowest BCUT2D eigenvalue weighted by molar-refractivity contribution is 0.0314. The third kappa shape index (κ3) is 2.35. The van der Waals surface area contributed by atoms with Gasteiger partial charge >= 0.3 is 0 Å². The van der Waals surface area contributed by atoms with E-state index in [4.69, 9.17) is 9.15 Å². The Bertz CT molecular complexity index is 323. The molecule has 0 aromatic carbocycles. The highest BCUT2D eigenvalue weighted by atomic mass is 16.5. The molecule has 16 heavy (non-hydrogen) atoms. The Morgan fingerprint density at radius 1 is 1.44 bits per heavy atom. The SMILES string of the molecule is COC(C(=O)c1ccoc1)C1CCCCC1. The normalized spacial score (nSPS) is 19.6. The quantitative estimate of drug-likeness (QED) is 0.735. The van der Waals surface area contributed by atoms with Crippen molar-refractivity contribution in [2.24, 2.45) is 5.92 Å². The Hall–Kier alpha value is -1.09. The zero-order chi connectivity index (χ0) is 11.4. The van der Waals surface area contributed by atoms with Crippen molar-refractivity contribution in [3.05, 3.63) is 24.2 Å². The van der Waals surface area contributed by atoms with Crippen LogP contribution in [0.5, 0.6) is 0 Å². The summed E-state index contributed by atoms with van der Waals surface area (Å²) in [6, 6.07) is 1.71. The molecule has 1 aliphatic rings. The van der Waals surface area contributed by atoms with Crippen molar-refractivity contribution in [3.8, 4) is 0 Å². The summed E-state index contributed by atoms with van der Waals surface area (Å²) in [4.78, 5) is 12.2. The van der Waals surface area contributed by atoms with Crippen LogP contribution in [0.2, 0.25) is 0 Å². The molecule has 1 fully saturated rings. The molecule has 1 aliphatic carbocycles. The molecule has 1 aromatic heterocycles. The monoisotopic (exact) mass is 222 g/mol. The molecule has 0 aliphatic heterocycles. The summed E-state index contributed by atoms with van der Waals surface area (Å²) < 4.78 is 10.3.